The normalized spacial score (nSPS) is 15.3. The molecule has 0 atom stereocenters. The maximum absolute atomic E-state index is 13.1. The van der Waals surface area contributed by atoms with Crippen molar-refractivity contribution in [1.82, 2.24) is 13.8 Å². The van der Waals surface area contributed by atoms with Crippen molar-refractivity contribution >= 4 is 43.6 Å². The highest BCUT2D eigenvalue weighted by Gasteiger charge is 2.30. The van der Waals surface area contributed by atoms with Crippen molar-refractivity contribution in [2.45, 2.75) is 25.3 Å². The molecule has 0 saturated carbocycles. The molecule has 36 heavy (non-hydrogen) atoms. The Hall–Kier alpha value is -3.28. The standard InChI is InChI=1S/C25H28N4O5S2/c1-4-12-29-21-11-6-18(3)17-22(21)35-24(29)26-23(30)19-7-9-20(10-8-19)36(32,33)28-15-13-27(14-16-28)25(31)34-5-2/h4,6-11,17H,1,5,12-16H2,2-3H3. The summed E-state index contributed by atoms with van der Waals surface area (Å²) in [5.74, 6) is -0.455. The number of benzene rings is 2. The summed E-state index contributed by atoms with van der Waals surface area (Å²) in [6.07, 6.45) is 1.31. The first-order valence-corrected chi connectivity index (χ1v) is 13.8. The number of nitrogens with zero attached hydrogens (tertiary/aromatic N) is 4. The highest BCUT2D eigenvalue weighted by atomic mass is 32.2. The number of allylic oxidation sites excluding steroid dienone is 1. The fraction of sp³-hybridized carbons (Fsp3) is 0.320. The van der Waals surface area contributed by atoms with Crippen molar-refractivity contribution in [3.05, 3.63) is 71.0 Å². The minimum absolute atomic E-state index is 0.0858. The van der Waals surface area contributed by atoms with Gasteiger partial charge in [-0.1, -0.05) is 23.5 Å². The second-order valence-electron chi connectivity index (χ2n) is 8.29. The molecule has 2 aromatic carbocycles. The number of carbonyl (C=O) groups excluding carboxylic acids is 2. The smallest absolute Gasteiger partial charge is 0.409 e. The van der Waals surface area contributed by atoms with Gasteiger partial charge in [0.2, 0.25) is 10.0 Å². The van der Waals surface area contributed by atoms with E-state index in [-0.39, 0.29) is 37.7 Å². The van der Waals surface area contributed by atoms with Gasteiger partial charge in [0.1, 0.15) is 0 Å². The van der Waals surface area contributed by atoms with Crippen LogP contribution >= 0.6 is 11.3 Å². The van der Waals surface area contributed by atoms with E-state index in [1.165, 1.54) is 44.8 Å². The molecule has 1 fully saturated rings. The minimum atomic E-state index is -3.76. The van der Waals surface area contributed by atoms with Gasteiger partial charge in [0.05, 0.1) is 21.7 Å². The van der Waals surface area contributed by atoms with Gasteiger partial charge in [-0.2, -0.15) is 9.30 Å². The molecule has 0 radical (unpaired) electrons. The second-order valence-corrected chi connectivity index (χ2v) is 11.2. The molecule has 2 amide bonds. The van der Waals surface area contributed by atoms with Crippen LogP contribution in [0.25, 0.3) is 10.2 Å². The largest absolute Gasteiger partial charge is 0.450 e. The summed E-state index contributed by atoms with van der Waals surface area (Å²) in [5.41, 5.74) is 2.38. The van der Waals surface area contributed by atoms with Gasteiger partial charge in [0.25, 0.3) is 5.91 Å². The Bertz CT molecular complexity index is 1460. The molecular formula is C25H28N4O5S2. The first-order valence-electron chi connectivity index (χ1n) is 11.6. The summed E-state index contributed by atoms with van der Waals surface area (Å²) >= 11 is 1.42. The van der Waals surface area contributed by atoms with E-state index in [0.717, 1.165) is 15.8 Å². The summed E-state index contributed by atoms with van der Waals surface area (Å²) < 4.78 is 35.4. The first-order chi connectivity index (χ1) is 17.2. The second kappa shape index (κ2) is 10.8. The van der Waals surface area contributed by atoms with Crippen molar-refractivity contribution in [2.75, 3.05) is 32.8 Å². The van der Waals surface area contributed by atoms with Gasteiger partial charge in [0, 0.05) is 38.3 Å². The zero-order chi connectivity index (χ0) is 25.9. The molecule has 0 spiro atoms. The molecule has 190 valence electrons. The Morgan fingerprint density at radius 1 is 1.11 bits per heavy atom. The van der Waals surface area contributed by atoms with Crippen LogP contribution in [0.4, 0.5) is 4.79 Å². The first kappa shape index (κ1) is 25.8. The van der Waals surface area contributed by atoms with E-state index in [1.807, 2.05) is 23.6 Å². The third-order valence-electron chi connectivity index (χ3n) is 5.85. The topological polar surface area (TPSA) is 101 Å². The van der Waals surface area contributed by atoms with E-state index in [4.69, 9.17) is 4.74 Å². The third kappa shape index (κ3) is 5.28. The fourth-order valence-electron chi connectivity index (χ4n) is 3.97. The van der Waals surface area contributed by atoms with Crippen LogP contribution in [0.15, 0.2) is 65.0 Å². The number of aromatic nitrogens is 1. The number of rotatable bonds is 6. The van der Waals surface area contributed by atoms with Gasteiger partial charge in [-0.15, -0.1) is 6.58 Å². The Morgan fingerprint density at radius 3 is 2.44 bits per heavy atom. The molecular weight excluding hydrogens is 500 g/mol. The lowest BCUT2D eigenvalue weighted by molar-refractivity contribution is 0.0933. The maximum atomic E-state index is 13.1. The molecule has 1 aliphatic rings. The molecule has 2 heterocycles. The lowest BCUT2D eigenvalue weighted by Gasteiger charge is -2.33. The van der Waals surface area contributed by atoms with Crippen LogP contribution in [-0.2, 0) is 21.3 Å². The highest BCUT2D eigenvalue weighted by molar-refractivity contribution is 7.89. The van der Waals surface area contributed by atoms with Crippen LogP contribution < -0.4 is 4.80 Å². The monoisotopic (exact) mass is 528 g/mol. The molecule has 0 bridgehead atoms. The molecule has 9 nitrogen and oxygen atoms in total. The number of piperazine rings is 1. The molecule has 1 aliphatic heterocycles. The average molecular weight is 529 g/mol. The van der Waals surface area contributed by atoms with Crippen LogP contribution in [0.2, 0.25) is 0 Å². The van der Waals surface area contributed by atoms with Crippen LogP contribution in [0, 0.1) is 6.92 Å². The van der Waals surface area contributed by atoms with Crippen LogP contribution in [0.3, 0.4) is 0 Å². The van der Waals surface area contributed by atoms with Gasteiger partial charge in [-0.05, 0) is 55.8 Å². The van der Waals surface area contributed by atoms with Crippen LogP contribution in [-0.4, -0.2) is 67.0 Å². The highest BCUT2D eigenvalue weighted by Crippen LogP contribution is 2.21. The number of carbonyl (C=O) groups is 2. The third-order valence-corrected chi connectivity index (χ3v) is 8.80. The number of ether oxygens (including phenoxy) is 1. The van der Waals surface area contributed by atoms with Gasteiger partial charge < -0.3 is 14.2 Å². The Balaban J connectivity index is 1.53. The van der Waals surface area contributed by atoms with Crippen molar-refractivity contribution in [3.8, 4) is 0 Å². The molecule has 4 rings (SSSR count). The van der Waals surface area contributed by atoms with Crippen molar-refractivity contribution in [2.24, 2.45) is 4.99 Å². The van der Waals surface area contributed by atoms with E-state index in [9.17, 15) is 18.0 Å². The number of aryl methyl sites for hydroxylation is 1. The summed E-state index contributed by atoms with van der Waals surface area (Å²) in [5, 5.41) is 0. The molecule has 0 aliphatic carbocycles. The molecule has 1 saturated heterocycles. The fourth-order valence-corrected chi connectivity index (χ4v) is 6.53. The maximum Gasteiger partial charge on any atom is 0.409 e. The summed E-state index contributed by atoms with van der Waals surface area (Å²) in [4.78, 5) is 31.2. The molecule has 1 aromatic heterocycles. The van der Waals surface area contributed by atoms with E-state index >= 15 is 0 Å². The molecule has 3 aromatic rings. The van der Waals surface area contributed by atoms with Crippen molar-refractivity contribution < 1.29 is 22.7 Å². The summed E-state index contributed by atoms with van der Waals surface area (Å²) in [6.45, 7) is 9.17. The predicted octanol–water partition coefficient (Wildman–Crippen LogP) is 3.40. The van der Waals surface area contributed by atoms with Crippen LogP contribution in [0.5, 0.6) is 0 Å². The molecule has 0 N–H and O–H groups in total. The number of amides is 2. The zero-order valence-electron chi connectivity index (χ0n) is 20.2. The lowest BCUT2D eigenvalue weighted by Crippen LogP contribution is -2.50. The van der Waals surface area contributed by atoms with E-state index < -0.39 is 22.0 Å². The zero-order valence-corrected chi connectivity index (χ0v) is 21.8. The number of fused-ring (bicyclic) bond motifs is 1. The van der Waals surface area contributed by atoms with Crippen molar-refractivity contribution in [1.29, 1.82) is 0 Å². The number of hydrogen-bond acceptors (Lipinski definition) is 6. The van der Waals surface area contributed by atoms with Gasteiger partial charge in [-0.3, -0.25) is 4.79 Å². The Kier molecular flexibility index (Phi) is 7.72. The van der Waals surface area contributed by atoms with Crippen LogP contribution in [0.1, 0.15) is 22.8 Å². The average Bonchev–Trinajstić information content (AvgIpc) is 3.20. The Labute approximate surface area is 214 Å². The van der Waals surface area contributed by atoms with E-state index in [1.54, 1.807) is 13.0 Å². The molecule has 11 heteroatoms. The predicted molar refractivity (Wildman–Crippen MR) is 138 cm³/mol. The SMILES string of the molecule is C=CCn1c(=NC(=O)c2ccc(S(=O)(=O)N3CCN(C(=O)OCC)CC3)cc2)sc2cc(C)ccc21. The lowest BCUT2D eigenvalue weighted by atomic mass is 10.2. The van der Waals surface area contributed by atoms with Gasteiger partial charge in [0.15, 0.2) is 4.80 Å². The molecule has 0 unspecified atom stereocenters. The van der Waals surface area contributed by atoms with E-state index in [2.05, 4.69) is 17.6 Å². The number of sulfonamides is 1. The quantitative estimate of drug-likeness (QED) is 0.457. The van der Waals surface area contributed by atoms with Gasteiger partial charge >= 0.3 is 6.09 Å². The van der Waals surface area contributed by atoms with Gasteiger partial charge in [-0.25, -0.2) is 13.2 Å². The van der Waals surface area contributed by atoms with Crippen molar-refractivity contribution in [3.63, 3.8) is 0 Å². The Morgan fingerprint density at radius 2 is 1.81 bits per heavy atom. The summed E-state index contributed by atoms with van der Waals surface area (Å²) in [6, 6.07) is 11.8. The summed E-state index contributed by atoms with van der Waals surface area (Å²) in [7, 11) is -3.76. The van der Waals surface area contributed by atoms with E-state index in [0.29, 0.717) is 16.9 Å². The minimum Gasteiger partial charge on any atom is -0.450 e. The number of thiazole rings is 1. The number of hydrogen-bond donors (Lipinski definition) is 0.